The number of fused-ring (bicyclic) bond motifs is 1. The highest BCUT2D eigenvalue weighted by Crippen LogP contribution is 2.35. The molecule has 2 aromatic heterocycles. The summed E-state index contributed by atoms with van der Waals surface area (Å²) in [4.78, 5) is 15.6. The number of carboxylic acid groups (broad SMARTS) is 1. The number of aromatic nitrogens is 1. The van der Waals surface area contributed by atoms with Crippen molar-refractivity contribution in [3.63, 3.8) is 0 Å². The number of anilines is 1. The highest BCUT2D eigenvalue weighted by molar-refractivity contribution is 8.00. The maximum Gasteiger partial charge on any atom is 0.339 e. The van der Waals surface area contributed by atoms with E-state index in [1.165, 1.54) is 23.1 Å². The molecule has 0 radical (unpaired) electrons. The van der Waals surface area contributed by atoms with Gasteiger partial charge < -0.3 is 15.3 Å². The minimum atomic E-state index is -0.976. The van der Waals surface area contributed by atoms with E-state index < -0.39 is 5.97 Å². The molecule has 3 rings (SSSR count). The van der Waals surface area contributed by atoms with E-state index in [-0.39, 0.29) is 5.56 Å². The zero-order valence-corrected chi connectivity index (χ0v) is 12.8. The van der Waals surface area contributed by atoms with Crippen LogP contribution in [0.3, 0.4) is 0 Å². The molecule has 0 saturated carbocycles. The Bertz CT molecular complexity index is 823. The van der Waals surface area contributed by atoms with Crippen molar-refractivity contribution in [3.8, 4) is 0 Å². The number of hydrogen-bond donors (Lipinski definition) is 2. The molecule has 0 spiro atoms. The number of carbonyl (C=O) groups is 1. The standard InChI is InChI=1S/C14H12N2O3S2/c1-7-13(21-14(15)16-7)20-6-10-11(12(17)18)8-4-2-3-5-9(8)19-10/h2-5H,6H2,1H3,(H2,15,16)(H,17,18). The molecule has 0 atom stereocenters. The van der Waals surface area contributed by atoms with Crippen molar-refractivity contribution in [2.45, 2.75) is 16.9 Å². The number of thiazole rings is 1. The lowest BCUT2D eigenvalue weighted by atomic mass is 10.1. The van der Waals surface area contributed by atoms with Crippen LogP contribution in [0.5, 0.6) is 0 Å². The molecule has 0 unspecified atom stereocenters. The van der Waals surface area contributed by atoms with E-state index in [0.717, 1.165) is 9.90 Å². The fourth-order valence-corrected chi connectivity index (χ4v) is 4.05. The van der Waals surface area contributed by atoms with Gasteiger partial charge in [-0.1, -0.05) is 29.5 Å². The topological polar surface area (TPSA) is 89.4 Å². The maximum atomic E-state index is 11.5. The van der Waals surface area contributed by atoms with Gasteiger partial charge in [0.25, 0.3) is 0 Å². The Kier molecular flexibility index (Phi) is 3.60. The number of para-hydroxylation sites is 1. The van der Waals surface area contributed by atoms with Crippen LogP contribution in [0.15, 0.2) is 32.9 Å². The maximum absolute atomic E-state index is 11.5. The number of nitrogens with two attached hydrogens (primary N) is 1. The minimum absolute atomic E-state index is 0.230. The third-order valence-electron chi connectivity index (χ3n) is 2.99. The Morgan fingerprint density at radius 2 is 2.24 bits per heavy atom. The number of aryl methyl sites for hydroxylation is 1. The van der Waals surface area contributed by atoms with Gasteiger partial charge in [-0.3, -0.25) is 0 Å². The number of benzene rings is 1. The Labute approximate surface area is 128 Å². The van der Waals surface area contributed by atoms with Crippen LogP contribution in [0.1, 0.15) is 21.8 Å². The van der Waals surface area contributed by atoms with Crippen LogP contribution < -0.4 is 5.73 Å². The highest BCUT2D eigenvalue weighted by atomic mass is 32.2. The number of furan rings is 1. The van der Waals surface area contributed by atoms with Crippen molar-refractivity contribution in [2.75, 3.05) is 5.73 Å². The van der Waals surface area contributed by atoms with Gasteiger partial charge in [0.05, 0.1) is 15.7 Å². The molecule has 5 nitrogen and oxygen atoms in total. The summed E-state index contributed by atoms with van der Waals surface area (Å²) in [6.07, 6.45) is 0. The number of carboxylic acids is 1. The molecule has 0 amide bonds. The highest BCUT2D eigenvalue weighted by Gasteiger charge is 2.20. The molecule has 2 heterocycles. The van der Waals surface area contributed by atoms with E-state index in [2.05, 4.69) is 4.98 Å². The fourth-order valence-electron chi connectivity index (χ4n) is 2.10. The SMILES string of the molecule is Cc1nc(N)sc1SCc1oc2ccccc2c1C(=O)O. The zero-order chi connectivity index (χ0) is 15.0. The Morgan fingerprint density at radius 1 is 1.48 bits per heavy atom. The average molecular weight is 320 g/mol. The molecule has 7 heteroatoms. The number of thioether (sulfide) groups is 1. The van der Waals surface area contributed by atoms with Crippen LogP contribution in [0.25, 0.3) is 11.0 Å². The predicted molar refractivity (Wildman–Crippen MR) is 84.0 cm³/mol. The van der Waals surface area contributed by atoms with Gasteiger partial charge in [-0.05, 0) is 13.0 Å². The first kappa shape index (κ1) is 14.0. The third-order valence-corrected chi connectivity index (χ3v) is 5.34. The third kappa shape index (κ3) is 2.62. The molecule has 3 N–H and O–H groups in total. The summed E-state index contributed by atoms with van der Waals surface area (Å²) in [6.45, 7) is 1.88. The van der Waals surface area contributed by atoms with Gasteiger partial charge in [0.2, 0.25) is 0 Å². The van der Waals surface area contributed by atoms with Gasteiger partial charge in [-0.15, -0.1) is 11.8 Å². The molecule has 0 fully saturated rings. The molecule has 108 valence electrons. The van der Waals surface area contributed by atoms with Crippen molar-refractivity contribution >= 4 is 45.2 Å². The van der Waals surface area contributed by atoms with Crippen molar-refractivity contribution in [3.05, 3.63) is 41.3 Å². The van der Waals surface area contributed by atoms with Gasteiger partial charge >= 0.3 is 5.97 Å². The van der Waals surface area contributed by atoms with Crippen molar-refractivity contribution in [1.29, 1.82) is 0 Å². The Hall–Kier alpha value is -1.99. The van der Waals surface area contributed by atoms with Crippen LogP contribution in [-0.4, -0.2) is 16.1 Å². The molecule has 3 aromatic rings. The second-order valence-electron chi connectivity index (χ2n) is 4.42. The molecular weight excluding hydrogens is 308 g/mol. The summed E-state index contributed by atoms with van der Waals surface area (Å²) in [5, 5.41) is 10.5. The molecule has 0 bridgehead atoms. The first-order valence-corrected chi connectivity index (χ1v) is 7.96. The summed E-state index contributed by atoms with van der Waals surface area (Å²) >= 11 is 2.88. The zero-order valence-electron chi connectivity index (χ0n) is 11.1. The summed E-state index contributed by atoms with van der Waals surface area (Å²) in [6, 6.07) is 7.15. The summed E-state index contributed by atoms with van der Waals surface area (Å²) in [5.41, 5.74) is 7.34. The smallest absolute Gasteiger partial charge is 0.339 e. The summed E-state index contributed by atoms with van der Waals surface area (Å²) in [5.74, 6) is -0.0881. The number of nitrogen functional groups attached to an aromatic ring is 1. The van der Waals surface area contributed by atoms with Crippen LogP contribution >= 0.6 is 23.1 Å². The first-order chi connectivity index (χ1) is 10.1. The van der Waals surface area contributed by atoms with E-state index in [1.807, 2.05) is 13.0 Å². The summed E-state index contributed by atoms with van der Waals surface area (Å²) in [7, 11) is 0. The summed E-state index contributed by atoms with van der Waals surface area (Å²) < 4.78 is 6.66. The lowest BCUT2D eigenvalue weighted by molar-refractivity contribution is 0.0697. The number of aromatic carboxylic acids is 1. The molecular formula is C14H12N2O3S2. The van der Waals surface area contributed by atoms with Gasteiger partial charge in [-0.2, -0.15) is 0 Å². The second-order valence-corrected chi connectivity index (χ2v) is 6.69. The number of rotatable bonds is 4. The van der Waals surface area contributed by atoms with Gasteiger partial charge in [0, 0.05) is 5.39 Å². The second kappa shape index (κ2) is 5.42. The molecule has 0 aliphatic heterocycles. The molecule has 21 heavy (non-hydrogen) atoms. The van der Waals surface area contributed by atoms with Gasteiger partial charge in [0.1, 0.15) is 16.9 Å². The Balaban J connectivity index is 1.95. The van der Waals surface area contributed by atoms with Crippen molar-refractivity contribution < 1.29 is 14.3 Å². The largest absolute Gasteiger partial charge is 0.478 e. The lowest BCUT2D eigenvalue weighted by Crippen LogP contribution is -1.98. The van der Waals surface area contributed by atoms with Crippen molar-refractivity contribution in [2.24, 2.45) is 0 Å². The van der Waals surface area contributed by atoms with Gasteiger partial charge in [-0.25, -0.2) is 9.78 Å². The van der Waals surface area contributed by atoms with E-state index in [0.29, 0.717) is 27.6 Å². The van der Waals surface area contributed by atoms with Crippen LogP contribution in [0, 0.1) is 6.92 Å². The van der Waals surface area contributed by atoms with Crippen LogP contribution in [0.4, 0.5) is 5.13 Å². The van der Waals surface area contributed by atoms with Crippen LogP contribution in [-0.2, 0) is 5.75 Å². The monoisotopic (exact) mass is 320 g/mol. The number of nitrogens with zero attached hydrogens (tertiary/aromatic N) is 1. The van der Waals surface area contributed by atoms with Crippen molar-refractivity contribution in [1.82, 2.24) is 4.98 Å². The van der Waals surface area contributed by atoms with E-state index in [4.69, 9.17) is 10.2 Å². The lowest BCUT2D eigenvalue weighted by Gasteiger charge is -1.98. The van der Waals surface area contributed by atoms with E-state index >= 15 is 0 Å². The molecule has 0 aliphatic rings. The first-order valence-electron chi connectivity index (χ1n) is 6.15. The molecule has 0 aliphatic carbocycles. The predicted octanol–water partition coefficient (Wildman–Crippen LogP) is 3.77. The van der Waals surface area contributed by atoms with Gasteiger partial charge in [0.15, 0.2) is 5.13 Å². The Morgan fingerprint density at radius 3 is 2.90 bits per heavy atom. The molecule has 0 saturated heterocycles. The minimum Gasteiger partial charge on any atom is -0.478 e. The quantitative estimate of drug-likeness (QED) is 0.711. The van der Waals surface area contributed by atoms with E-state index in [9.17, 15) is 9.90 Å². The van der Waals surface area contributed by atoms with Crippen LogP contribution in [0.2, 0.25) is 0 Å². The normalized spacial score (nSPS) is 11.1. The molecule has 1 aromatic carbocycles. The average Bonchev–Trinajstić information content (AvgIpc) is 2.95. The van der Waals surface area contributed by atoms with E-state index in [1.54, 1.807) is 18.2 Å². The fraction of sp³-hybridized carbons (Fsp3) is 0.143. The number of hydrogen-bond acceptors (Lipinski definition) is 6.